The maximum Gasteiger partial charge on any atom is 0.251 e. The zero-order chi connectivity index (χ0) is 13.8. The molecule has 2 nitrogen and oxygen atoms in total. The maximum absolute atomic E-state index is 13.2. The van der Waals surface area contributed by atoms with E-state index in [1.165, 1.54) is 25.3 Å². The highest BCUT2D eigenvalue weighted by Crippen LogP contribution is 2.27. The van der Waals surface area contributed by atoms with E-state index in [-0.39, 0.29) is 17.8 Å². The molecule has 1 N–H and O–H groups in total. The molecule has 0 heterocycles. The van der Waals surface area contributed by atoms with Crippen molar-refractivity contribution in [1.82, 2.24) is 5.32 Å². The van der Waals surface area contributed by atoms with Crippen molar-refractivity contribution in [2.24, 2.45) is 5.92 Å². The summed E-state index contributed by atoms with van der Waals surface area (Å²) in [5.41, 5.74) is 1.07. The second-order valence-electron chi connectivity index (χ2n) is 5.50. The number of benzene rings is 1. The Kier molecular flexibility index (Phi) is 4.56. The molecule has 1 aliphatic carbocycles. The van der Waals surface area contributed by atoms with Crippen LogP contribution >= 0.6 is 0 Å². The van der Waals surface area contributed by atoms with Crippen molar-refractivity contribution in [1.29, 1.82) is 0 Å². The van der Waals surface area contributed by atoms with Gasteiger partial charge in [-0.25, -0.2) is 4.39 Å². The number of carbonyl (C=O) groups excluding carboxylic acids is 1. The number of hydrogen-bond acceptors (Lipinski definition) is 1. The lowest BCUT2D eigenvalue weighted by Crippen LogP contribution is -2.41. The van der Waals surface area contributed by atoms with Crippen molar-refractivity contribution in [3.8, 4) is 0 Å². The molecule has 1 saturated carbocycles. The smallest absolute Gasteiger partial charge is 0.251 e. The van der Waals surface area contributed by atoms with E-state index in [2.05, 4.69) is 12.2 Å². The van der Waals surface area contributed by atoms with Gasteiger partial charge in [-0.1, -0.05) is 26.2 Å². The zero-order valence-corrected chi connectivity index (χ0v) is 11.7. The summed E-state index contributed by atoms with van der Waals surface area (Å²) in [5, 5.41) is 3.12. The fraction of sp³-hybridized carbons (Fsp3) is 0.562. The van der Waals surface area contributed by atoms with Gasteiger partial charge in [0.15, 0.2) is 0 Å². The van der Waals surface area contributed by atoms with Gasteiger partial charge in [-0.15, -0.1) is 0 Å². The topological polar surface area (TPSA) is 29.1 Å². The van der Waals surface area contributed by atoms with E-state index in [1.54, 1.807) is 19.1 Å². The van der Waals surface area contributed by atoms with Crippen molar-refractivity contribution in [3.63, 3.8) is 0 Å². The van der Waals surface area contributed by atoms with E-state index in [1.807, 2.05) is 0 Å². The Morgan fingerprint density at radius 3 is 2.79 bits per heavy atom. The summed E-state index contributed by atoms with van der Waals surface area (Å²) >= 11 is 0. The highest BCUT2D eigenvalue weighted by atomic mass is 19.1. The van der Waals surface area contributed by atoms with Gasteiger partial charge < -0.3 is 5.32 Å². The molecule has 1 fully saturated rings. The van der Waals surface area contributed by atoms with Crippen LogP contribution in [-0.2, 0) is 0 Å². The Morgan fingerprint density at radius 2 is 2.11 bits per heavy atom. The summed E-state index contributed by atoms with van der Waals surface area (Å²) in [7, 11) is 0. The monoisotopic (exact) mass is 263 g/mol. The molecule has 1 aliphatic rings. The van der Waals surface area contributed by atoms with E-state index < -0.39 is 0 Å². The summed E-state index contributed by atoms with van der Waals surface area (Å²) in [5.74, 6) is 0.244. The molecule has 0 saturated heterocycles. The highest BCUT2D eigenvalue weighted by Gasteiger charge is 2.25. The Hall–Kier alpha value is -1.38. The first-order chi connectivity index (χ1) is 9.11. The molecule has 0 spiro atoms. The minimum atomic E-state index is -0.263. The quantitative estimate of drug-likeness (QED) is 0.882. The Balaban J connectivity index is 2.05. The molecule has 3 heteroatoms. The highest BCUT2D eigenvalue weighted by molar-refractivity contribution is 5.94. The molecular weight excluding hydrogens is 241 g/mol. The van der Waals surface area contributed by atoms with Crippen LogP contribution in [0.3, 0.4) is 0 Å². The van der Waals surface area contributed by atoms with E-state index in [4.69, 9.17) is 0 Å². The normalized spacial score (nSPS) is 23.1. The fourth-order valence-electron chi connectivity index (χ4n) is 2.92. The lowest BCUT2D eigenvalue weighted by atomic mass is 9.83. The number of aryl methyl sites for hydroxylation is 1. The number of halogens is 1. The van der Waals surface area contributed by atoms with E-state index in [9.17, 15) is 9.18 Å². The van der Waals surface area contributed by atoms with Crippen LogP contribution in [0.4, 0.5) is 4.39 Å². The first-order valence-electron chi connectivity index (χ1n) is 7.19. The number of carbonyl (C=O) groups is 1. The predicted molar refractivity (Wildman–Crippen MR) is 74.6 cm³/mol. The van der Waals surface area contributed by atoms with Crippen LogP contribution in [0.25, 0.3) is 0 Å². The summed E-state index contributed by atoms with van der Waals surface area (Å²) in [6.45, 7) is 3.86. The van der Waals surface area contributed by atoms with Gasteiger partial charge in [-0.3, -0.25) is 4.79 Å². The lowest BCUT2D eigenvalue weighted by Gasteiger charge is -2.31. The molecule has 2 atom stereocenters. The molecule has 1 aromatic rings. The van der Waals surface area contributed by atoms with Gasteiger partial charge in [0.05, 0.1) is 0 Å². The standard InChI is InChI=1S/C16H22FNO/c1-3-12-6-4-5-7-15(12)18-16(19)13-8-9-14(17)11(2)10-13/h8-10,12,15H,3-7H2,1-2H3,(H,18,19). The Morgan fingerprint density at radius 1 is 1.37 bits per heavy atom. The molecule has 0 bridgehead atoms. The molecule has 0 aromatic heterocycles. The van der Waals surface area contributed by atoms with Crippen LogP contribution < -0.4 is 5.32 Å². The van der Waals surface area contributed by atoms with Gasteiger partial charge in [-0.05, 0) is 49.4 Å². The zero-order valence-electron chi connectivity index (χ0n) is 11.7. The first kappa shape index (κ1) is 14.0. The minimum Gasteiger partial charge on any atom is -0.349 e. The van der Waals surface area contributed by atoms with Crippen LogP contribution in [0, 0.1) is 18.7 Å². The Labute approximate surface area is 114 Å². The molecule has 104 valence electrons. The third kappa shape index (κ3) is 3.34. The average molecular weight is 263 g/mol. The summed E-state index contributed by atoms with van der Waals surface area (Å²) < 4.78 is 13.2. The van der Waals surface area contributed by atoms with Crippen molar-refractivity contribution in [3.05, 3.63) is 35.1 Å². The van der Waals surface area contributed by atoms with Crippen LogP contribution in [0.2, 0.25) is 0 Å². The Bertz CT molecular complexity index is 458. The molecule has 1 amide bonds. The fourth-order valence-corrected chi connectivity index (χ4v) is 2.92. The van der Waals surface area contributed by atoms with Crippen LogP contribution in [0.15, 0.2) is 18.2 Å². The van der Waals surface area contributed by atoms with Gasteiger partial charge in [-0.2, -0.15) is 0 Å². The molecule has 0 radical (unpaired) electrons. The van der Waals surface area contributed by atoms with Gasteiger partial charge in [0, 0.05) is 11.6 Å². The number of nitrogens with one attached hydrogen (secondary N) is 1. The first-order valence-corrected chi connectivity index (χ1v) is 7.19. The van der Waals surface area contributed by atoms with E-state index >= 15 is 0 Å². The molecule has 1 aromatic carbocycles. The number of amides is 1. The molecule has 0 aliphatic heterocycles. The van der Waals surface area contributed by atoms with Crippen LogP contribution in [-0.4, -0.2) is 11.9 Å². The van der Waals surface area contributed by atoms with Crippen molar-refractivity contribution >= 4 is 5.91 Å². The molecule has 19 heavy (non-hydrogen) atoms. The van der Waals surface area contributed by atoms with Crippen LogP contribution in [0.5, 0.6) is 0 Å². The third-order valence-electron chi connectivity index (χ3n) is 4.17. The van der Waals surface area contributed by atoms with Crippen molar-refractivity contribution in [2.75, 3.05) is 0 Å². The molecule has 2 unspecified atom stereocenters. The molecule has 2 rings (SSSR count). The van der Waals surface area contributed by atoms with E-state index in [0.29, 0.717) is 17.0 Å². The van der Waals surface area contributed by atoms with Gasteiger partial charge >= 0.3 is 0 Å². The third-order valence-corrected chi connectivity index (χ3v) is 4.17. The second kappa shape index (κ2) is 6.18. The largest absolute Gasteiger partial charge is 0.349 e. The second-order valence-corrected chi connectivity index (χ2v) is 5.50. The maximum atomic E-state index is 13.2. The predicted octanol–water partition coefficient (Wildman–Crippen LogP) is 3.83. The number of rotatable bonds is 3. The van der Waals surface area contributed by atoms with Crippen LogP contribution in [0.1, 0.15) is 54.9 Å². The van der Waals surface area contributed by atoms with Gasteiger partial charge in [0.2, 0.25) is 0 Å². The number of hydrogen-bond donors (Lipinski definition) is 1. The van der Waals surface area contributed by atoms with Gasteiger partial charge in [0.1, 0.15) is 5.82 Å². The SMILES string of the molecule is CCC1CCCCC1NC(=O)c1ccc(F)c(C)c1. The van der Waals surface area contributed by atoms with E-state index in [0.717, 1.165) is 12.8 Å². The summed E-state index contributed by atoms with van der Waals surface area (Å²) in [6, 6.07) is 4.81. The van der Waals surface area contributed by atoms with Crippen molar-refractivity contribution < 1.29 is 9.18 Å². The lowest BCUT2D eigenvalue weighted by molar-refractivity contribution is 0.0904. The summed E-state index contributed by atoms with van der Waals surface area (Å²) in [4.78, 5) is 12.2. The molecular formula is C16H22FNO. The average Bonchev–Trinajstić information content (AvgIpc) is 2.42. The van der Waals surface area contributed by atoms with Crippen molar-refractivity contribution in [2.45, 2.75) is 52.0 Å². The minimum absolute atomic E-state index is 0.0755. The summed E-state index contributed by atoms with van der Waals surface area (Å²) in [6.07, 6.45) is 5.81. The van der Waals surface area contributed by atoms with Gasteiger partial charge in [0.25, 0.3) is 5.91 Å².